The van der Waals surface area contributed by atoms with Gasteiger partial charge in [-0.2, -0.15) is 0 Å². The van der Waals surface area contributed by atoms with E-state index in [9.17, 15) is 9.59 Å². The van der Waals surface area contributed by atoms with Gasteiger partial charge in [-0.25, -0.2) is 0 Å². The highest BCUT2D eigenvalue weighted by molar-refractivity contribution is 5.80. The topological polar surface area (TPSA) is 49.4 Å². The fourth-order valence-corrected chi connectivity index (χ4v) is 2.34. The monoisotopic (exact) mass is 268 g/mol. The van der Waals surface area contributed by atoms with Crippen molar-refractivity contribution in [3.8, 4) is 0 Å². The molecule has 1 rings (SSSR count). The molecule has 0 aliphatic carbocycles. The van der Waals surface area contributed by atoms with Gasteiger partial charge in [0.1, 0.15) is 0 Å². The van der Waals surface area contributed by atoms with Gasteiger partial charge in [0, 0.05) is 31.5 Å². The van der Waals surface area contributed by atoms with Gasteiger partial charge in [-0.05, 0) is 32.6 Å². The molecule has 2 amide bonds. The van der Waals surface area contributed by atoms with E-state index in [4.69, 9.17) is 0 Å². The van der Waals surface area contributed by atoms with Crippen molar-refractivity contribution in [3.05, 3.63) is 0 Å². The summed E-state index contributed by atoms with van der Waals surface area (Å²) >= 11 is 0. The van der Waals surface area contributed by atoms with Crippen LogP contribution >= 0.6 is 0 Å². The average molecular weight is 268 g/mol. The van der Waals surface area contributed by atoms with E-state index in [0.717, 1.165) is 45.2 Å². The van der Waals surface area contributed by atoms with Crippen LogP contribution in [0, 0.1) is 5.92 Å². The highest BCUT2D eigenvalue weighted by atomic mass is 16.2. The summed E-state index contributed by atoms with van der Waals surface area (Å²) < 4.78 is 0. The normalized spacial score (nSPS) is 18.2. The minimum atomic E-state index is 0.0872. The zero-order valence-corrected chi connectivity index (χ0v) is 12.6. The molecule has 1 heterocycles. The smallest absolute Gasteiger partial charge is 0.223 e. The van der Waals surface area contributed by atoms with Gasteiger partial charge in [-0.15, -0.1) is 0 Å². The largest absolute Gasteiger partial charge is 0.353 e. The molecule has 1 unspecified atom stereocenters. The number of carbonyl (C=O) groups is 2. The standard InChI is InChI=1S/C15H28N2O2/c1-4-6-7-14(18)17-10-8-13(9-11-17)15(19)16-12(3)5-2/h12-13H,4-11H2,1-3H3,(H,16,19). The molecule has 1 N–H and O–H groups in total. The Hall–Kier alpha value is -1.06. The number of nitrogens with one attached hydrogen (secondary N) is 1. The van der Waals surface area contributed by atoms with Gasteiger partial charge in [-0.1, -0.05) is 20.3 Å². The molecule has 0 spiro atoms. The summed E-state index contributed by atoms with van der Waals surface area (Å²) in [6.45, 7) is 7.67. The minimum Gasteiger partial charge on any atom is -0.353 e. The Morgan fingerprint density at radius 1 is 1.26 bits per heavy atom. The highest BCUT2D eigenvalue weighted by Gasteiger charge is 2.27. The molecular formula is C15H28N2O2. The Morgan fingerprint density at radius 3 is 2.42 bits per heavy atom. The number of piperidine rings is 1. The van der Waals surface area contributed by atoms with Gasteiger partial charge >= 0.3 is 0 Å². The van der Waals surface area contributed by atoms with Crippen LogP contribution in [0.15, 0.2) is 0 Å². The van der Waals surface area contributed by atoms with E-state index in [-0.39, 0.29) is 23.8 Å². The second-order valence-corrected chi connectivity index (χ2v) is 5.58. The van der Waals surface area contributed by atoms with Crippen molar-refractivity contribution in [1.82, 2.24) is 10.2 Å². The number of amides is 2. The third-order valence-corrected chi connectivity index (χ3v) is 3.96. The molecule has 0 aromatic heterocycles. The van der Waals surface area contributed by atoms with Crippen molar-refractivity contribution in [1.29, 1.82) is 0 Å². The second-order valence-electron chi connectivity index (χ2n) is 5.58. The first-order valence-corrected chi connectivity index (χ1v) is 7.66. The number of unbranched alkanes of at least 4 members (excludes halogenated alkanes) is 1. The van der Waals surface area contributed by atoms with Crippen LogP contribution in [-0.2, 0) is 9.59 Å². The lowest BCUT2D eigenvalue weighted by molar-refractivity contribution is -0.135. The van der Waals surface area contributed by atoms with Crippen molar-refractivity contribution in [2.45, 2.75) is 65.3 Å². The summed E-state index contributed by atoms with van der Waals surface area (Å²) in [7, 11) is 0. The van der Waals surface area contributed by atoms with E-state index in [1.54, 1.807) is 0 Å². The summed E-state index contributed by atoms with van der Waals surface area (Å²) in [6.07, 6.45) is 5.24. The Kier molecular flexibility index (Phi) is 6.89. The lowest BCUT2D eigenvalue weighted by Crippen LogP contribution is -2.44. The molecule has 19 heavy (non-hydrogen) atoms. The van der Waals surface area contributed by atoms with Gasteiger partial charge in [0.05, 0.1) is 0 Å². The van der Waals surface area contributed by atoms with Crippen LogP contribution < -0.4 is 5.32 Å². The number of carbonyl (C=O) groups excluding carboxylic acids is 2. The van der Waals surface area contributed by atoms with Crippen molar-refractivity contribution < 1.29 is 9.59 Å². The minimum absolute atomic E-state index is 0.0872. The van der Waals surface area contributed by atoms with Crippen LogP contribution in [0.4, 0.5) is 0 Å². The molecule has 1 aliphatic rings. The number of nitrogens with zero attached hydrogens (tertiary/aromatic N) is 1. The molecular weight excluding hydrogens is 240 g/mol. The molecule has 1 aliphatic heterocycles. The van der Waals surface area contributed by atoms with Crippen molar-refractivity contribution in [3.63, 3.8) is 0 Å². The molecule has 4 heteroatoms. The third kappa shape index (κ3) is 5.21. The number of rotatable bonds is 6. The van der Waals surface area contributed by atoms with Gasteiger partial charge in [0.25, 0.3) is 0 Å². The first-order chi connectivity index (χ1) is 9.08. The molecule has 1 saturated heterocycles. The molecule has 1 fully saturated rings. The number of likely N-dealkylation sites (tertiary alicyclic amines) is 1. The maximum atomic E-state index is 12.0. The summed E-state index contributed by atoms with van der Waals surface area (Å²) in [6, 6.07) is 0.247. The van der Waals surface area contributed by atoms with Crippen molar-refractivity contribution in [2.24, 2.45) is 5.92 Å². The molecule has 1 atom stereocenters. The van der Waals surface area contributed by atoms with Crippen LogP contribution in [-0.4, -0.2) is 35.8 Å². The van der Waals surface area contributed by atoms with E-state index >= 15 is 0 Å². The molecule has 4 nitrogen and oxygen atoms in total. The van der Waals surface area contributed by atoms with Crippen LogP contribution in [0.25, 0.3) is 0 Å². The van der Waals surface area contributed by atoms with Gasteiger partial charge in [-0.3, -0.25) is 9.59 Å². The molecule has 0 aromatic rings. The van der Waals surface area contributed by atoms with Gasteiger partial charge in [0.15, 0.2) is 0 Å². The van der Waals surface area contributed by atoms with Crippen LogP contribution in [0.3, 0.4) is 0 Å². The zero-order chi connectivity index (χ0) is 14.3. The van der Waals surface area contributed by atoms with Crippen molar-refractivity contribution >= 4 is 11.8 Å². The van der Waals surface area contributed by atoms with Crippen LogP contribution in [0.2, 0.25) is 0 Å². The van der Waals surface area contributed by atoms with Gasteiger partial charge in [0.2, 0.25) is 11.8 Å². The molecule has 0 saturated carbocycles. The molecule has 110 valence electrons. The predicted octanol–water partition coefficient (Wildman–Crippen LogP) is 2.33. The van der Waals surface area contributed by atoms with E-state index in [2.05, 4.69) is 19.2 Å². The predicted molar refractivity (Wildman–Crippen MR) is 76.7 cm³/mol. The number of hydrogen-bond donors (Lipinski definition) is 1. The Bertz CT molecular complexity index is 297. The van der Waals surface area contributed by atoms with Crippen LogP contribution in [0.5, 0.6) is 0 Å². The summed E-state index contributed by atoms with van der Waals surface area (Å²) in [5.41, 5.74) is 0. The Balaban J connectivity index is 2.32. The maximum Gasteiger partial charge on any atom is 0.223 e. The summed E-state index contributed by atoms with van der Waals surface area (Å²) in [4.78, 5) is 25.8. The Morgan fingerprint density at radius 2 is 1.89 bits per heavy atom. The van der Waals surface area contributed by atoms with E-state index in [1.165, 1.54) is 0 Å². The highest BCUT2D eigenvalue weighted by Crippen LogP contribution is 2.18. The summed E-state index contributed by atoms with van der Waals surface area (Å²) in [5.74, 6) is 0.502. The average Bonchev–Trinajstić information content (AvgIpc) is 2.44. The quantitative estimate of drug-likeness (QED) is 0.804. The van der Waals surface area contributed by atoms with Crippen molar-refractivity contribution in [2.75, 3.05) is 13.1 Å². The first-order valence-electron chi connectivity index (χ1n) is 7.66. The molecule has 0 radical (unpaired) electrons. The van der Waals surface area contributed by atoms with E-state index < -0.39 is 0 Å². The lowest BCUT2D eigenvalue weighted by atomic mass is 9.95. The fraction of sp³-hybridized carbons (Fsp3) is 0.867. The third-order valence-electron chi connectivity index (χ3n) is 3.96. The SMILES string of the molecule is CCCCC(=O)N1CCC(C(=O)NC(C)CC)CC1. The lowest BCUT2D eigenvalue weighted by Gasteiger charge is -2.32. The fourth-order valence-electron chi connectivity index (χ4n) is 2.34. The van der Waals surface area contributed by atoms with Gasteiger partial charge < -0.3 is 10.2 Å². The second kappa shape index (κ2) is 8.18. The molecule has 0 aromatic carbocycles. The number of hydrogen-bond acceptors (Lipinski definition) is 2. The first kappa shape index (κ1) is 16.0. The summed E-state index contributed by atoms with van der Waals surface area (Å²) in [5, 5.41) is 3.04. The maximum absolute atomic E-state index is 12.0. The zero-order valence-electron chi connectivity index (χ0n) is 12.6. The van der Waals surface area contributed by atoms with Crippen LogP contribution in [0.1, 0.15) is 59.3 Å². The van der Waals surface area contributed by atoms with E-state index in [0.29, 0.717) is 6.42 Å². The van der Waals surface area contributed by atoms with E-state index in [1.807, 2.05) is 11.8 Å². The molecule has 0 bridgehead atoms. The Labute approximate surface area is 116 Å².